The maximum atomic E-state index is 12.3. The molecule has 0 amide bonds. The van der Waals surface area contributed by atoms with Gasteiger partial charge in [-0.2, -0.15) is 4.31 Å². The second kappa shape index (κ2) is 5.83. The highest BCUT2D eigenvalue weighted by Crippen LogP contribution is 2.15. The summed E-state index contributed by atoms with van der Waals surface area (Å²) in [6.45, 7) is 3.68. The Balaban J connectivity index is 3.07. The highest BCUT2D eigenvalue weighted by atomic mass is 32.2. The number of amidine groups is 1. The van der Waals surface area contributed by atoms with E-state index in [2.05, 4.69) is 5.16 Å². The molecular formula is C11H17N3O3S. The zero-order chi connectivity index (χ0) is 13.8. The van der Waals surface area contributed by atoms with Crippen molar-refractivity contribution in [3.63, 3.8) is 0 Å². The van der Waals surface area contributed by atoms with E-state index in [1.165, 1.54) is 0 Å². The molecule has 3 N–H and O–H groups in total. The van der Waals surface area contributed by atoms with E-state index < -0.39 is 10.0 Å². The van der Waals surface area contributed by atoms with Crippen LogP contribution in [-0.2, 0) is 10.0 Å². The third-order valence-electron chi connectivity index (χ3n) is 2.48. The molecule has 0 radical (unpaired) electrons. The first kappa shape index (κ1) is 14.5. The lowest BCUT2D eigenvalue weighted by Gasteiger charge is -2.19. The molecule has 1 aromatic rings. The van der Waals surface area contributed by atoms with Crippen LogP contribution >= 0.6 is 0 Å². The molecule has 0 saturated carbocycles. The quantitative estimate of drug-likeness (QED) is 0.357. The number of benzene rings is 1. The van der Waals surface area contributed by atoms with E-state index in [0.717, 1.165) is 9.87 Å². The van der Waals surface area contributed by atoms with Crippen molar-refractivity contribution < 1.29 is 13.6 Å². The molecule has 7 heteroatoms. The molecule has 0 bridgehead atoms. The first-order valence-electron chi connectivity index (χ1n) is 5.45. The molecule has 0 aromatic heterocycles. The number of nitrogens with zero attached hydrogens (tertiary/aromatic N) is 2. The molecule has 1 rings (SSSR count). The molecule has 0 saturated heterocycles. The van der Waals surface area contributed by atoms with Crippen molar-refractivity contribution in [1.29, 1.82) is 0 Å². The van der Waals surface area contributed by atoms with Crippen LogP contribution < -0.4 is 5.73 Å². The average molecular weight is 271 g/mol. The minimum atomic E-state index is -3.61. The third kappa shape index (κ3) is 3.21. The Morgan fingerprint density at radius 1 is 1.39 bits per heavy atom. The van der Waals surface area contributed by atoms with E-state index in [1.54, 1.807) is 31.2 Å². The van der Waals surface area contributed by atoms with Crippen LogP contribution in [0.1, 0.15) is 12.5 Å². The van der Waals surface area contributed by atoms with E-state index in [1.807, 2.05) is 6.92 Å². The van der Waals surface area contributed by atoms with Crippen molar-refractivity contribution in [3.8, 4) is 0 Å². The molecule has 6 nitrogen and oxygen atoms in total. The molecule has 0 spiro atoms. The van der Waals surface area contributed by atoms with Crippen molar-refractivity contribution in [2.45, 2.75) is 18.7 Å². The monoisotopic (exact) mass is 271 g/mol. The molecule has 0 heterocycles. The van der Waals surface area contributed by atoms with Gasteiger partial charge in [0.1, 0.15) is 0 Å². The molecule has 1 aromatic carbocycles. The Labute approximate surface area is 107 Å². The van der Waals surface area contributed by atoms with Crippen LogP contribution in [0.4, 0.5) is 0 Å². The number of hydrogen-bond donors (Lipinski definition) is 2. The maximum absolute atomic E-state index is 12.3. The van der Waals surface area contributed by atoms with Gasteiger partial charge in [-0.25, -0.2) is 8.42 Å². The highest BCUT2D eigenvalue weighted by Gasteiger charge is 2.23. The number of rotatable bonds is 5. The minimum absolute atomic E-state index is 0.136. The zero-order valence-electron chi connectivity index (χ0n) is 10.4. The van der Waals surface area contributed by atoms with E-state index in [9.17, 15) is 8.42 Å². The van der Waals surface area contributed by atoms with Crippen molar-refractivity contribution in [2.24, 2.45) is 10.9 Å². The van der Waals surface area contributed by atoms with E-state index in [-0.39, 0.29) is 23.8 Å². The lowest BCUT2D eigenvalue weighted by atomic mass is 10.2. The van der Waals surface area contributed by atoms with Gasteiger partial charge < -0.3 is 10.9 Å². The summed E-state index contributed by atoms with van der Waals surface area (Å²) in [7, 11) is -3.61. The van der Waals surface area contributed by atoms with Crippen molar-refractivity contribution in [2.75, 3.05) is 13.1 Å². The Morgan fingerprint density at radius 2 is 1.94 bits per heavy atom. The largest absolute Gasteiger partial charge is 0.409 e. The SMILES string of the molecule is CCN(CC(N)=NO)S(=O)(=O)c1ccc(C)cc1. The summed E-state index contributed by atoms with van der Waals surface area (Å²) < 4.78 is 25.7. The Hall–Kier alpha value is -1.60. The summed E-state index contributed by atoms with van der Waals surface area (Å²) >= 11 is 0. The molecule has 0 fully saturated rings. The molecule has 0 aliphatic carbocycles. The third-order valence-corrected chi connectivity index (χ3v) is 4.41. The first-order valence-corrected chi connectivity index (χ1v) is 6.89. The predicted octanol–water partition coefficient (Wildman–Crippen LogP) is 0.752. The fourth-order valence-electron chi connectivity index (χ4n) is 1.44. The van der Waals surface area contributed by atoms with E-state index in [0.29, 0.717) is 0 Å². The van der Waals surface area contributed by atoms with Gasteiger partial charge in [0.15, 0.2) is 5.84 Å². The lowest BCUT2D eigenvalue weighted by Crippen LogP contribution is -2.38. The molecule has 0 aliphatic rings. The first-order chi connectivity index (χ1) is 8.41. The minimum Gasteiger partial charge on any atom is -0.409 e. The summed E-state index contributed by atoms with van der Waals surface area (Å²) in [6, 6.07) is 6.54. The molecule has 0 atom stereocenters. The molecule has 100 valence electrons. The van der Waals surface area contributed by atoms with E-state index >= 15 is 0 Å². The second-order valence-corrected chi connectivity index (χ2v) is 5.77. The number of oxime groups is 1. The van der Waals surface area contributed by atoms with Crippen molar-refractivity contribution in [3.05, 3.63) is 29.8 Å². The Morgan fingerprint density at radius 3 is 2.39 bits per heavy atom. The van der Waals surface area contributed by atoms with Gasteiger partial charge >= 0.3 is 0 Å². The summed E-state index contributed by atoms with van der Waals surface area (Å²) in [4.78, 5) is 0.195. The Kier molecular flexibility index (Phi) is 4.69. The zero-order valence-corrected chi connectivity index (χ0v) is 11.2. The summed E-state index contributed by atoms with van der Waals surface area (Å²) in [6.07, 6.45) is 0. The number of sulfonamides is 1. The van der Waals surface area contributed by atoms with Gasteiger partial charge in [0, 0.05) is 6.54 Å². The van der Waals surface area contributed by atoms with Crippen molar-refractivity contribution in [1.82, 2.24) is 4.31 Å². The second-order valence-electron chi connectivity index (χ2n) is 3.84. The normalized spacial score (nSPS) is 12.9. The van der Waals surface area contributed by atoms with E-state index in [4.69, 9.17) is 10.9 Å². The van der Waals surface area contributed by atoms with Crippen LogP contribution in [0.25, 0.3) is 0 Å². The van der Waals surface area contributed by atoms with Gasteiger partial charge in [-0.1, -0.05) is 29.8 Å². The van der Waals surface area contributed by atoms with Crippen LogP contribution in [0.3, 0.4) is 0 Å². The summed E-state index contributed by atoms with van der Waals surface area (Å²) in [5.74, 6) is -0.146. The van der Waals surface area contributed by atoms with Gasteiger partial charge in [0.2, 0.25) is 10.0 Å². The molecule has 0 unspecified atom stereocenters. The number of hydrogen-bond acceptors (Lipinski definition) is 4. The Bertz CT molecular complexity index is 523. The predicted molar refractivity (Wildman–Crippen MR) is 69.0 cm³/mol. The average Bonchev–Trinajstić information content (AvgIpc) is 2.35. The summed E-state index contributed by atoms with van der Waals surface area (Å²) in [5.41, 5.74) is 6.32. The topological polar surface area (TPSA) is 96.0 Å². The van der Waals surface area contributed by atoms with Gasteiger partial charge in [-0.15, -0.1) is 0 Å². The van der Waals surface area contributed by atoms with Crippen molar-refractivity contribution >= 4 is 15.9 Å². The number of nitrogens with two attached hydrogens (primary N) is 1. The van der Waals surface area contributed by atoms with Gasteiger partial charge in [0.05, 0.1) is 11.4 Å². The number of likely N-dealkylation sites (N-methyl/N-ethyl adjacent to an activating group) is 1. The van der Waals surface area contributed by atoms with Gasteiger partial charge in [-0.3, -0.25) is 0 Å². The van der Waals surface area contributed by atoms with Gasteiger partial charge in [0.25, 0.3) is 0 Å². The smallest absolute Gasteiger partial charge is 0.243 e. The molecular weight excluding hydrogens is 254 g/mol. The molecule has 18 heavy (non-hydrogen) atoms. The standard InChI is InChI=1S/C11H17N3O3S/c1-3-14(8-11(12)13-15)18(16,17)10-6-4-9(2)5-7-10/h4-7,15H,3,8H2,1-2H3,(H2,12,13). The fourth-order valence-corrected chi connectivity index (χ4v) is 2.86. The summed E-state index contributed by atoms with van der Waals surface area (Å²) in [5, 5.41) is 11.3. The fraction of sp³-hybridized carbons (Fsp3) is 0.364. The molecule has 0 aliphatic heterocycles. The highest BCUT2D eigenvalue weighted by molar-refractivity contribution is 7.89. The van der Waals surface area contributed by atoms with Crippen LogP contribution in [-0.4, -0.2) is 36.9 Å². The van der Waals surface area contributed by atoms with Crippen LogP contribution in [0.5, 0.6) is 0 Å². The number of aryl methyl sites for hydroxylation is 1. The van der Waals surface area contributed by atoms with Gasteiger partial charge in [-0.05, 0) is 19.1 Å². The lowest BCUT2D eigenvalue weighted by molar-refractivity contribution is 0.315. The van der Waals surface area contributed by atoms with Crippen LogP contribution in [0, 0.1) is 6.92 Å². The maximum Gasteiger partial charge on any atom is 0.243 e. The van der Waals surface area contributed by atoms with Crippen LogP contribution in [0.15, 0.2) is 34.3 Å². The van der Waals surface area contributed by atoms with Crippen LogP contribution in [0.2, 0.25) is 0 Å².